The molecule has 6 heteroatoms. The number of carbonyl (C=O) groups excluding carboxylic acids is 1. The first-order chi connectivity index (χ1) is 11.5. The normalized spacial score (nSPS) is 23.0. The lowest BCUT2D eigenvalue weighted by molar-refractivity contribution is -0.135. The summed E-state index contributed by atoms with van der Waals surface area (Å²) in [4.78, 5) is 14.6. The van der Waals surface area contributed by atoms with E-state index in [1.54, 1.807) is 4.90 Å². The van der Waals surface area contributed by atoms with Crippen molar-refractivity contribution in [3.63, 3.8) is 0 Å². The highest BCUT2D eigenvalue weighted by atomic mass is 32.2. The molecule has 130 valence electrons. The van der Waals surface area contributed by atoms with Crippen molar-refractivity contribution in [1.82, 2.24) is 9.21 Å². The molecule has 0 saturated carbocycles. The van der Waals surface area contributed by atoms with E-state index in [4.69, 9.17) is 0 Å². The highest BCUT2D eigenvalue weighted by Crippen LogP contribution is 2.25. The average Bonchev–Trinajstić information content (AvgIpc) is 2.61. The maximum atomic E-state index is 12.8. The van der Waals surface area contributed by atoms with E-state index in [-0.39, 0.29) is 5.91 Å². The van der Waals surface area contributed by atoms with Crippen molar-refractivity contribution in [3.05, 3.63) is 42.0 Å². The minimum Gasteiger partial charge on any atom is -0.337 e. The maximum absolute atomic E-state index is 12.8. The molecule has 2 aliphatic rings. The SMILES string of the molecule is CS(=O)(=O)N1CCCCC1C(=O)N1CC=C(c2ccccc2)CC1. The monoisotopic (exact) mass is 348 g/mol. The molecule has 1 atom stereocenters. The number of piperidine rings is 1. The molecule has 1 aromatic carbocycles. The van der Waals surface area contributed by atoms with Gasteiger partial charge in [-0.25, -0.2) is 8.42 Å². The highest BCUT2D eigenvalue weighted by Gasteiger charge is 2.36. The van der Waals surface area contributed by atoms with Gasteiger partial charge in [-0.05, 0) is 30.4 Å². The van der Waals surface area contributed by atoms with E-state index in [1.165, 1.54) is 21.7 Å². The lowest BCUT2D eigenvalue weighted by Crippen LogP contribution is -2.53. The number of hydrogen-bond acceptors (Lipinski definition) is 3. The van der Waals surface area contributed by atoms with Crippen LogP contribution < -0.4 is 0 Å². The third-order valence-electron chi connectivity index (χ3n) is 4.83. The molecule has 0 aliphatic carbocycles. The fraction of sp³-hybridized carbons (Fsp3) is 0.500. The van der Waals surface area contributed by atoms with Gasteiger partial charge in [0, 0.05) is 19.6 Å². The first kappa shape index (κ1) is 17.2. The Labute approximate surface area is 144 Å². The molecule has 5 nitrogen and oxygen atoms in total. The molecule has 0 bridgehead atoms. The number of amides is 1. The van der Waals surface area contributed by atoms with Crippen LogP contribution in [0.3, 0.4) is 0 Å². The van der Waals surface area contributed by atoms with Gasteiger partial charge in [-0.3, -0.25) is 4.79 Å². The van der Waals surface area contributed by atoms with Crippen LogP contribution in [-0.2, 0) is 14.8 Å². The standard InChI is InChI=1S/C18H24N2O3S/c1-24(22,23)20-12-6-5-9-17(20)18(21)19-13-10-16(11-14-19)15-7-3-2-4-8-15/h2-4,7-8,10,17H,5-6,9,11-14H2,1H3. The van der Waals surface area contributed by atoms with Crippen LogP contribution in [-0.4, -0.2) is 55.5 Å². The van der Waals surface area contributed by atoms with Gasteiger partial charge in [-0.2, -0.15) is 4.31 Å². The van der Waals surface area contributed by atoms with Gasteiger partial charge >= 0.3 is 0 Å². The van der Waals surface area contributed by atoms with Crippen molar-refractivity contribution < 1.29 is 13.2 Å². The van der Waals surface area contributed by atoms with Crippen molar-refractivity contribution in [2.24, 2.45) is 0 Å². The summed E-state index contributed by atoms with van der Waals surface area (Å²) < 4.78 is 25.3. The molecule has 1 unspecified atom stereocenters. The molecule has 0 N–H and O–H groups in total. The Balaban J connectivity index is 1.71. The Morgan fingerprint density at radius 2 is 1.88 bits per heavy atom. The van der Waals surface area contributed by atoms with Crippen molar-refractivity contribution in [1.29, 1.82) is 0 Å². The molecule has 1 amide bonds. The van der Waals surface area contributed by atoms with Crippen LogP contribution in [0.5, 0.6) is 0 Å². The fourth-order valence-corrected chi connectivity index (χ4v) is 4.66. The average molecular weight is 348 g/mol. The zero-order chi connectivity index (χ0) is 17.2. The lowest BCUT2D eigenvalue weighted by atomic mass is 9.98. The molecule has 0 radical (unpaired) electrons. The zero-order valence-electron chi connectivity index (χ0n) is 14.0. The van der Waals surface area contributed by atoms with Crippen LogP contribution in [0.15, 0.2) is 36.4 Å². The number of nitrogens with zero attached hydrogens (tertiary/aromatic N) is 2. The van der Waals surface area contributed by atoms with Gasteiger partial charge in [0.25, 0.3) is 0 Å². The molecule has 2 heterocycles. The van der Waals surface area contributed by atoms with Gasteiger partial charge in [-0.1, -0.05) is 42.8 Å². The second-order valence-electron chi connectivity index (χ2n) is 6.51. The topological polar surface area (TPSA) is 57.7 Å². The van der Waals surface area contributed by atoms with E-state index in [9.17, 15) is 13.2 Å². The number of rotatable bonds is 3. The first-order valence-electron chi connectivity index (χ1n) is 8.47. The zero-order valence-corrected chi connectivity index (χ0v) is 14.8. The van der Waals surface area contributed by atoms with Gasteiger partial charge in [0.2, 0.25) is 15.9 Å². The van der Waals surface area contributed by atoms with Crippen LogP contribution in [0.4, 0.5) is 0 Å². The molecule has 3 rings (SSSR count). The van der Waals surface area contributed by atoms with Gasteiger partial charge in [-0.15, -0.1) is 0 Å². The second kappa shape index (κ2) is 7.07. The fourth-order valence-electron chi connectivity index (χ4n) is 3.54. The highest BCUT2D eigenvalue weighted by molar-refractivity contribution is 7.88. The van der Waals surface area contributed by atoms with Gasteiger partial charge in [0.15, 0.2) is 0 Å². The van der Waals surface area contributed by atoms with E-state index in [1.807, 2.05) is 18.2 Å². The molecule has 0 spiro atoms. The molecule has 1 saturated heterocycles. The van der Waals surface area contributed by atoms with Crippen LogP contribution in [0.1, 0.15) is 31.2 Å². The molecular formula is C18H24N2O3S. The molecule has 1 fully saturated rings. The molecular weight excluding hydrogens is 324 g/mol. The Hall–Kier alpha value is -1.66. The number of carbonyl (C=O) groups is 1. The van der Waals surface area contributed by atoms with Crippen molar-refractivity contribution in [2.45, 2.75) is 31.7 Å². The summed E-state index contributed by atoms with van der Waals surface area (Å²) in [5, 5.41) is 0. The minimum absolute atomic E-state index is 0.0523. The van der Waals surface area contributed by atoms with E-state index < -0.39 is 16.1 Å². The van der Waals surface area contributed by atoms with Gasteiger partial charge in [0.1, 0.15) is 6.04 Å². The van der Waals surface area contributed by atoms with E-state index in [0.29, 0.717) is 26.1 Å². The summed E-state index contributed by atoms with van der Waals surface area (Å²) in [6.07, 6.45) is 6.45. The van der Waals surface area contributed by atoms with Crippen molar-refractivity contribution in [3.8, 4) is 0 Å². The summed E-state index contributed by atoms with van der Waals surface area (Å²) in [6.45, 7) is 1.65. The number of sulfonamides is 1. The molecule has 0 aromatic heterocycles. The van der Waals surface area contributed by atoms with Crippen LogP contribution >= 0.6 is 0 Å². The van der Waals surface area contributed by atoms with Crippen LogP contribution in [0.2, 0.25) is 0 Å². The van der Waals surface area contributed by atoms with Gasteiger partial charge < -0.3 is 4.90 Å². The predicted molar refractivity (Wildman–Crippen MR) is 94.8 cm³/mol. The van der Waals surface area contributed by atoms with E-state index in [0.717, 1.165) is 19.3 Å². The minimum atomic E-state index is -3.34. The maximum Gasteiger partial charge on any atom is 0.241 e. The quantitative estimate of drug-likeness (QED) is 0.841. The Morgan fingerprint density at radius 3 is 2.50 bits per heavy atom. The molecule has 2 aliphatic heterocycles. The lowest BCUT2D eigenvalue weighted by Gasteiger charge is -2.37. The van der Waals surface area contributed by atoms with Crippen LogP contribution in [0.25, 0.3) is 5.57 Å². The summed E-state index contributed by atoms with van der Waals surface area (Å²) >= 11 is 0. The summed E-state index contributed by atoms with van der Waals surface area (Å²) in [7, 11) is -3.34. The van der Waals surface area contributed by atoms with Crippen molar-refractivity contribution in [2.75, 3.05) is 25.9 Å². The van der Waals surface area contributed by atoms with Gasteiger partial charge in [0.05, 0.1) is 6.26 Å². The predicted octanol–water partition coefficient (Wildman–Crippen LogP) is 2.12. The molecule has 24 heavy (non-hydrogen) atoms. The third-order valence-corrected chi connectivity index (χ3v) is 6.12. The van der Waals surface area contributed by atoms with E-state index in [2.05, 4.69) is 18.2 Å². The Kier molecular flexibility index (Phi) is 5.06. The largest absolute Gasteiger partial charge is 0.337 e. The summed E-state index contributed by atoms with van der Waals surface area (Å²) in [5.41, 5.74) is 2.45. The van der Waals surface area contributed by atoms with Crippen molar-refractivity contribution >= 4 is 21.5 Å². The first-order valence-corrected chi connectivity index (χ1v) is 10.3. The third kappa shape index (κ3) is 3.70. The Morgan fingerprint density at radius 1 is 1.12 bits per heavy atom. The second-order valence-corrected chi connectivity index (χ2v) is 8.45. The van der Waals surface area contributed by atoms with Crippen LogP contribution in [0, 0.1) is 0 Å². The number of benzene rings is 1. The smallest absolute Gasteiger partial charge is 0.241 e. The van der Waals surface area contributed by atoms with E-state index >= 15 is 0 Å². The number of hydrogen-bond donors (Lipinski definition) is 0. The summed E-state index contributed by atoms with van der Waals surface area (Å²) in [6, 6.07) is 9.65. The Bertz CT molecular complexity index is 728. The molecule has 1 aromatic rings. The summed E-state index contributed by atoms with van der Waals surface area (Å²) in [5.74, 6) is -0.0523.